The molecule has 0 saturated carbocycles. The monoisotopic (exact) mass is 486 g/mol. The lowest BCUT2D eigenvalue weighted by atomic mass is 10.1. The quantitative estimate of drug-likeness (QED) is 0.446. The molecule has 3 rings (SSSR count). The average molecular weight is 487 g/mol. The highest BCUT2D eigenvalue weighted by Crippen LogP contribution is 2.25. The maximum Gasteiger partial charge on any atom is 0.264 e. The van der Waals surface area contributed by atoms with Crippen molar-refractivity contribution >= 4 is 33.2 Å². The lowest BCUT2D eigenvalue weighted by Crippen LogP contribution is -2.42. The molecule has 8 heteroatoms. The van der Waals surface area contributed by atoms with Gasteiger partial charge < -0.3 is 10.1 Å². The Balaban J connectivity index is 1.71. The number of hydrogen-bond donors (Lipinski definition) is 1. The van der Waals surface area contributed by atoms with Crippen molar-refractivity contribution in [3.63, 3.8) is 0 Å². The van der Waals surface area contributed by atoms with Crippen LogP contribution in [0, 0.1) is 20.8 Å². The molecule has 0 aliphatic rings. The molecule has 0 heterocycles. The van der Waals surface area contributed by atoms with E-state index in [4.69, 9.17) is 16.3 Å². The fourth-order valence-corrected chi connectivity index (χ4v) is 4.77. The molecule has 3 aromatic carbocycles. The Kier molecular flexibility index (Phi) is 8.00. The number of anilines is 1. The van der Waals surface area contributed by atoms with Crippen LogP contribution in [0.25, 0.3) is 0 Å². The third kappa shape index (κ3) is 6.49. The summed E-state index contributed by atoms with van der Waals surface area (Å²) in [6, 6.07) is 18.8. The summed E-state index contributed by atoms with van der Waals surface area (Å²) in [7, 11) is -3.98. The molecule has 0 fully saturated rings. The third-order valence-electron chi connectivity index (χ3n) is 5.00. The minimum atomic E-state index is -3.98. The number of sulfonamides is 1. The van der Waals surface area contributed by atoms with Crippen LogP contribution in [0.1, 0.15) is 16.7 Å². The predicted octanol–water partition coefficient (Wildman–Crippen LogP) is 4.66. The Morgan fingerprint density at radius 3 is 2.36 bits per heavy atom. The normalized spacial score (nSPS) is 11.2. The molecule has 0 aliphatic heterocycles. The number of hydrogen-bond acceptors (Lipinski definition) is 4. The van der Waals surface area contributed by atoms with E-state index in [1.807, 2.05) is 45.0 Å². The standard InChI is InChI=1S/C25H27ClN2O4S/c1-18-5-4-6-22(15-18)28(33(30,31)23-11-9-21(26)10-12-23)17-25(29)27-13-14-32-24-16-19(2)7-8-20(24)3/h4-12,15-16H,13-14,17H2,1-3H3,(H,27,29). The minimum Gasteiger partial charge on any atom is -0.491 e. The fourth-order valence-electron chi connectivity index (χ4n) is 3.23. The molecular weight excluding hydrogens is 460 g/mol. The van der Waals surface area contributed by atoms with Gasteiger partial charge in [0.2, 0.25) is 5.91 Å². The van der Waals surface area contributed by atoms with Crippen molar-refractivity contribution in [1.82, 2.24) is 5.32 Å². The van der Waals surface area contributed by atoms with Crippen LogP contribution < -0.4 is 14.4 Å². The molecule has 0 atom stereocenters. The highest BCUT2D eigenvalue weighted by atomic mass is 35.5. The first kappa shape index (κ1) is 24.6. The first-order chi connectivity index (χ1) is 15.7. The molecule has 1 N–H and O–H groups in total. The second-order valence-corrected chi connectivity index (χ2v) is 10.1. The van der Waals surface area contributed by atoms with Crippen LogP contribution in [0.3, 0.4) is 0 Å². The molecular formula is C25H27ClN2O4S. The summed E-state index contributed by atoms with van der Waals surface area (Å²) < 4.78 is 33.6. The van der Waals surface area contributed by atoms with Gasteiger partial charge in [0, 0.05) is 5.02 Å². The average Bonchev–Trinajstić information content (AvgIpc) is 2.77. The Morgan fingerprint density at radius 2 is 1.67 bits per heavy atom. The lowest BCUT2D eigenvalue weighted by molar-refractivity contribution is -0.119. The molecule has 0 bridgehead atoms. The van der Waals surface area contributed by atoms with E-state index in [0.29, 0.717) is 10.7 Å². The highest BCUT2D eigenvalue weighted by molar-refractivity contribution is 7.92. The van der Waals surface area contributed by atoms with Gasteiger partial charge in [-0.1, -0.05) is 35.9 Å². The summed E-state index contributed by atoms with van der Waals surface area (Å²) >= 11 is 5.91. The number of nitrogens with one attached hydrogen (secondary N) is 1. The summed E-state index contributed by atoms with van der Waals surface area (Å²) in [6.45, 7) is 5.95. The van der Waals surface area contributed by atoms with E-state index in [1.54, 1.807) is 18.2 Å². The van der Waals surface area contributed by atoms with Crippen LogP contribution in [-0.2, 0) is 14.8 Å². The van der Waals surface area contributed by atoms with E-state index in [-0.39, 0.29) is 24.6 Å². The summed E-state index contributed by atoms with van der Waals surface area (Å²) in [5, 5.41) is 3.17. The van der Waals surface area contributed by atoms with Gasteiger partial charge in [0.15, 0.2) is 0 Å². The number of halogens is 1. The number of benzene rings is 3. The minimum absolute atomic E-state index is 0.0551. The maximum absolute atomic E-state index is 13.4. The van der Waals surface area contributed by atoms with Gasteiger partial charge in [-0.3, -0.25) is 9.10 Å². The molecule has 0 aromatic heterocycles. The largest absolute Gasteiger partial charge is 0.491 e. The van der Waals surface area contributed by atoms with Gasteiger partial charge in [-0.2, -0.15) is 0 Å². The maximum atomic E-state index is 13.4. The van der Waals surface area contributed by atoms with Crippen molar-refractivity contribution < 1.29 is 17.9 Å². The summed E-state index contributed by atoms with van der Waals surface area (Å²) in [5.74, 6) is 0.328. The number of carbonyl (C=O) groups excluding carboxylic acids is 1. The lowest BCUT2D eigenvalue weighted by Gasteiger charge is -2.24. The molecule has 0 spiro atoms. The molecule has 33 heavy (non-hydrogen) atoms. The van der Waals surface area contributed by atoms with E-state index in [1.165, 1.54) is 24.3 Å². The van der Waals surface area contributed by atoms with Crippen LogP contribution in [0.4, 0.5) is 5.69 Å². The van der Waals surface area contributed by atoms with Crippen molar-refractivity contribution in [2.24, 2.45) is 0 Å². The molecule has 174 valence electrons. The summed E-state index contributed by atoms with van der Waals surface area (Å²) in [6.07, 6.45) is 0. The van der Waals surface area contributed by atoms with Crippen LogP contribution in [0.5, 0.6) is 5.75 Å². The molecule has 0 unspecified atom stereocenters. The van der Waals surface area contributed by atoms with Crippen molar-refractivity contribution in [3.8, 4) is 5.75 Å². The Morgan fingerprint density at radius 1 is 0.970 bits per heavy atom. The number of amides is 1. The Labute approximate surface area is 200 Å². The van der Waals surface area contributed by atoms with Crippen LogP contribution >= 0.6 is 11.6 Å². The second-order valence-electron chi connectivity index (χ2n) is 7.77. The number of aryl methyl sites for hydroxylation is 3. The number of rotatable bonds is 9. The SMILES string of the molecule is Cc1cccc(N(CC(=O)NCCOc2cc(C)ccc2C)S(=O)(=O)c2ccc(Cl)cc2)c1. The van der Waals surface area contributed by atoms with Gasteiger partial charge in [-0.05, 0) is 79.9 Å². The van der Waals surface area contributed by atoms with Gasteiger partial charge in [-0.25, -0.2) is 8.42 Å². The van der Waals surface area contributed by atoms with Crippen molar-refractivity contribution in [2.75, 3.05) is 24.0 Å². The third-order valence-corrected chi connectivity index (χ3v) is 7.04. The number of nitrogens with zero attached hydrogens (tertiary/aromatic N) is 1. The first-order valence-electron chi connectivity index (χ1n) is 10.5. The topological polar surface area (TPSA) is 75.7 Å². The van der Waals surface area contributed by atoms with E-state index in [0.717, 1.165) is 26.7 Å². The van der Waals surface area contributed by atoms with Gasteiger partial charge >= 0.3 is 0 Å². The molecule has 0 aliphatic carbocycles. The van der Waals surface area contributed by atoms with E-state index in [9.17, 15) is 13.2 Å². The molecule has 3 aromatic rings. The zero-order valence-electron chi connectivity index (χ0n) is 18.8. The Bertz CT molecular complexity index is 1230. The van der Waals surface area contributed by atoms with Crippen LogP contribution in [-0.4, -0.2) is 34.0 Å². The molecule has 0 saturated heterocycles. The van der Waals surface area contributed by atoms with Crippen LogP contribution in [0.15, 0.2) is 71.6 Å². The zero-order chi connectivity index (χ0) is 24.0. The van der Waals surface area contributed by atoms with Crippen molar-refractivity contribution in [3.05, 3.63) is 88.4 Å². The van der Waals surface area contributed by atoms with Gasteiger partial charge in [-0.15, -0.1) is 0 Å². The van der Waals surface area contributed by atoms with Crippen molar-refractivity contribution in [2.45, 2.75) is 25.7 Å². The Hall–Kier alpha value is -3.03. The van der Waals surface area contributed by atoms with Gasteiger partial charge in [0.25, 0.3) is 10.0 Å². The fraction of sp³-hybridized carbons (Fsp3) is 0.240. The smallest absolute Gasteiger partial charge is 0.264 e. The molecule has 0 radical (unpaired) electrons. The van der Waals surface area contributed by atoms with Crippen LogP contribution in [0.2, 0.25) is 5.02 Å². The predicted molar refractivity (Wildman–Crippen MR) is 132 cm³/mol. The number of carbonyl (C=O) groups is 1. The first-order valence-corrected chi connectivity index (χ1v) is 12.3. The zero-order valence-corrected chi connectivity index (χ0v) is 20.4. The summed E-state index contributed by atoms with van der Waals surface area (Å²) in [5.41, 5.74) is 3.38. The molecule has 1 amide bonds. The molecule has 6 nitrogen and oxygen atoms in total. The van der Waals surface area contributed by atoms with Crippen molar-refractivity contribution in [1.29, 1.82) is 0 Å². The van der Waals surface area contributed by atoms with E-state index in [2.05, 4.69) is 5.32 Å². The number of ether oxygens (including phenoxy) is 1. The van der Waals surface area contributed by atoms with E-state index < -0.39 is 15.9 Å². The second kappa shape index (κ2) is 10.7. The van der Waals surface area contributed by atoms with Gasteiger partial charge in [0.05, 0.1) is 17.1 Å². The van der Waals surface area contributed by atoms with E-state index >= 15 is 0 Å². The summed E-state index contributed by atoms with van der Waals surface area (Å²) in [4.78, 5) is 12.7. The van der Waals surface area contributed by atoms with Gasteiger partial charge in [0.1, 0.15) is 18.9 Å². The highest BCUT2D eigenvalue weighted by Gasteiger charge is 2.27.